The Morgan fingerprint density at radius 2 is 2.05 bits per heavy atom. The Balaban J connectivity index is 1.50. The predicted molar refractivity (Wildman–Crippen MR) is 83.9 cm³/mol. The van der Waals surface area contributed by atoms with Crippen LogP contribution < -0.4 is 5.32 Å². The van der Waals surface area contributed by atoms with Gasteiger partial charge in [0, 0.05) is 49.5 Å². The zero-order valence-corrected chi connectivity index (χ0v) is 13.0. The predicted octanol–water partition coefficient (Wildman–Crippen LogP) is 2.40. The van der Waals surface area contributed by atoms with Crippen LogP contribution >= 0.6 is 11.3 Å². The number of aromatic nitrogens is 3. The minimum atomic E-state index is -0.0552. The lowest BCUT2D eigenvalue weighted by molar-refractivity contribution is -0.116. The summed E-state index contributed by atoms with van der Waals surface area (Å²) in [5, 5.41) is 3.52. The third kappa shape index (κ3) is 4.08. The van der Waals surface area contributed by atoms with Crippen LogP contribution in [0.25, 0.3) is 0 Å². The second-order valence-corrected chi connectivity index (χ2v) is 6.23. The number of carbonyl (C=O) groups is 1. The zero-order valence-electron chi connectivity index (χ0n) is 12.2. The molecule has 7 heteroatoms. The number of anilines is 1. The largest absolute Gasteiger partial charge is 0.381 e. The molecule has 1 aliphatic heterocycles. The standard InChI is InChI=1S/C15H18N4O2S/c20-14(3-2-13-16-6-1-7-17-13)19-15-18-10-12(22-15)11-4-8-21-9-5-11/h1,6-7,10-11H,2-5,8-9H2,(H,18,19,20). The maximum absolute atomic E-state index is 12.0. The maximum Gasteiger partial charge on any atom is 0.226 e. The van der Waals surface area contributed by atoms with Gasteiger partial charge in [-0.1, -0.05) is 0 Å². The quantitative estimate of drug-likeness (QED) is 0.916. The Morgan fingerprint density at radius 1 is 1.27 bits per heavy atom. The molecule has 0 aromatic carbocycles. The zero-order chi connectivity index (χ0) is 15.2. The summed E-state index contributed by atoms with van der Waals surface area (Å²) in [6.45, 7) is 1.61. The van der Waals surface area contributed by atoms with Crippen molar-refractivity contribution in [3.63, 3.8) is 0 Å². The SMILES string of the molecule is O=C(CCc1ncccn1)Nc1ncc(C2CCOCC2)s1. The maximum atomic E-state index is 12.0. The first kappa shape index (κ1) is 15.1. The number of aryl methyl sites for hydroxylation is 1. The molecule has 2 aromatic rings. The van der Waals surface area contributed by atoms with Crippen LogP contribution in [0, 0.1) is 0 Å². The molecular weight excluding hydrogens is 300 g/mol. The number of amides is 1. The lowest BCUT2D eigenvalue weighted by Gasteiger charge is -2.20. The van der Waals surface area contributed by atoms with Gasteiger partial charge in [0.1, 0.15) is 5.82 Å². The first-order valence-corrected chi connectivity index (χ1v) is 8.22. The summed E-state index contributed by atoms with van der Waals surface area (Å²) in [6, 6.07) is 1.76. The molecule has 0 unspecified atom stereocenters. The van der Waals surface area contributed by atoms with E-state index in [9.17, 15) is 4.79 Å². The molecule has 0 bridgehead atoms. The van der Waals surface area contributed by atoms with Crippen LogP contribution in [0.15, 0.2) is 24.7 Å². The van der Waals surface area contributed by atoms with Crippen molar-refractivity contribution in [2.24, 2.45) is 0 Å². The first-order valence-electron chi connectivity index (χ1n) is 7.40. The number of ether oxygens (including phenoxy) is 1. The molecule has 3 heterocycles. The van der Waals surface area contributed by atoms with Gasteiger partial charge in [-0.3, -0.25) is 4.79 Å². The summed E-state index contributed by atoms with van der Waals surface area (Å²) < 4.78 is 5.37. The Morgan fingerprint density at radius 3 is 2.82 bits per heavy atom. The molecule has 1 N–H and O–H groups in total. The van der Waals surface area contributed by atoms with Crippen LogP contribution in [0.1, 0.15) is 35.9 Å². The lowest BCUT2D eigenvalue weighted by Crippen LogP contribution is -2.13. The third-order valence-electron chi connectivity index (χ3n) is 3.59. The van der Waals surface area contributed by atoms with Crippen LogP contribution in [0.5, 0.6) is 0 Å². The summed E-state index contributed by atoms with van der Waals surface area (Å²) >= 11 is 1.56. The van der Waals surface area contributed by atoms with Crippen molar-refractivity contribution in [2.45, 2.75) is 31.6 Å². The minimum Gasteiger partial charge on any atom is -0.381 e. The molecule has 1 fully saturated rings. The molecule has 0 spiro atoms. The summed E-state index contributed by atoms with van der Waals surface area (Å²) in [5.74, 6) is 1.13. The summed E-state index contributed by atoms with van der Waals surface area (Å²) in [7, 11) is 0. The lowest BCUT2D eigenvalue weighted by atomic mass is 9.99. The Bertz CT molecular complexity index is 611. The fraction of sp³-hybridized carbons (Fsp3) is 0.467. The molecule has 0 atom stereocenters. The number of rotatable bonds is 5. The first-order chi connectivity index (χ1) is 10.8. The third-order valence-corrected chi connectivity index (χ3v) is 4.66. The van der Waals surface area contributed by atoms with E-state index < -0.39 is 0 Å². The minimum absolute atomic E-state index is 0.0552. The van der Waals surface area contributed by atoms with Gasteiger partial charge < -0.3 is 10.1 Å². The molecule has 0 saturated carbocycles. The normalized spacial score (nSPS) is 15.6. The summed E-state index contributed by atoms with van der Waals surface area (Å²) in [6.07, 6.45) is 8.18. The highest BCUT2D eigenvalue weighted by Crippen LogP contribution is 2.32. The van der Waals surface area contributed by atoms with Crippen molar-refractivity contribution in [1.82, 2.24) is 15.0 Å². The highest BCUT2D eigenvalue weighted by atomic mass is 32.1. The van der Waals surface area contributed by atoms with E-state index in [1.54, 1.807) is 29.8 Å². The van der Waals surface area contributed by atoms with Crippen molar-refractivity contribution in [1.29, 1.82) is 0 Å². The van der Waals surface area contributed by atoms with Crippen molar-refractivity contribution in [3.8, 4) is 0 Å². The van der Waals surface area contributed by atoms with Gasteiger partial charge in [-0.2, -0.15) is 0 Å². The van der Waals surface area contributed by atoms with Gasteiger partial charge in [0.05, 0.1) is 0 Å². The molecule has 2 aromatic heterocycles. The van der Waals surface area contributed by atoms with Gasteiger partial charge in [-0.15, -0.1) is 11.3 Å². The second kappa shape index (κ2) is 7.42. The van der Waals surface area contributed by atoms with Gasteiger partial charge in [-0.05, 0) is 24.8 Å². The van der Waals surface area contributed by atoms with Gasteiger partial charge in [0.2, 0.25) is 5.91 Å². The van der Waals surface area contributed by atoms with E-state index in [4.69, 9.17) is 4.74 Å². The Hall–Kier alpha value is -1.86. The smallest absolute Gasteiger partial charge is 0.226 e. The average Bonchev–Trinajstić information content (AvgIpc) is 3.03. The van der Waals surface area contributed by atoms with Crippen LogP contribution in [-0.2, 0) is 16.0 Å². The molecule has 1 saturated heterocycles. The molecule has 3 rings (SSSR count). The number of nitrogens with zero attached hydrogens (tertiary/aromatic N) is 3. The van der Waals surface area contributed by atoms with Crippen molar-refractivity contribution < 1.29 is 9.53 Å². The van der Waals surface area contributed by atoms with Gasteiger partial charge in [0.15, 0.2) is 5.13 Å². The van der Waals surface area contributed by atoms with E-state index in [1.165, 1.54) is 4.88 Å². The number of carbonyl (C=O) groups excluding carboxylic acids is 1. The molecule has 0 radical (unpaired) electrons. The summed E-state index contributed by atoms with van der Waals surface area (Å²) in [5.41, 5.74) is 0. The van der Waals surface area contributed by atoms with Gasteiger partial charge in [-0.25, -0.2) is 15.0 Å². The molecule has 116 valence electrons. The molecule has 6 nitrogen and oxygen atoms in total. The molecule has 22 heavy (non-hydrogen) atoms. The van der Waals surface area contributed by atoms with Gasteiger partial charge in [0.25, 0.3) is 0 Å². The van der Waals surface area contributed by atoms with E-state index in [-0.39, 0.29) is 5.91 Å². The van der Waals surface area contributed by atoms with Crippen LogP contribution in [0.3, 0.4) is 0 Å². The number of hydrogen-bond acceptors (Lipinski definition) is 6. The fourth-order valence-corrected chi connectivity index (χ4v) is 3.38. The van der Waals surface area contributed by atoms with Crippen LogP contribution in [0.2, 0.25) is 0 Å². The number of thiazole rings is 1. The topological polar surface area (TPSA) is 77.0 Å². The average molecular weight is 318 g/mol. The van der Waals surface area contributed by atoms with Crippen LogP contribution in [-0.4, -0.2) is 34.1 Å². The Kier molecular flexibility index (Phi) is 5.07. The van der Waals surface area contributed by atoms with E-state index in [0.29, 0.717) is 29.7 Å². The molecule has 0 aliphatic carbocycles. The van der Waals surface area contributed by atoms with Crippen LogP contribution in [0.4, 0.5) is 5.13 Å². The molecule has 1 amide bonds. The van der Waals surface area contributed by atoms with E-state index in [1.807, 2.05) is 6.20 Å². The van der Waals surface area contributed by atoms with Gasteiger partial charge >= 0.3 is 0 Å². The monoisotopic (exact) mass is 318 g/mol. The number of hydrogen-bond donors (Lipinski definition) is 1. The van der Waals surface area contributed by atoms with Crippen molar-refractivity contribution >= 4 is 22.4 Å². The van der Waals surface area contributed by atoms with Crippen molar-refractivity contribution in [2.75, 3.05) is 18.5 Å². The molecular formula is C15H18N4O2S. The highest BCUT2D eigenvalue weighted by Gasteiger charge is 2.19. The van der Waals surface area contributed by atoms with E-state index in [2.05, 4.69) is 20.3 Å². The second-order valence-electron chi connectivity index (χ2n) is 5.17. The molecule has 1 aliphatic rings. The highest BCUT2D eigenvalue weighted by molar-refractivity contribution is 7.15. The van der Waals surface area contributed by atoms with E-state index in [0.717, 1.165) is 26.1 Å². The number of nitrogens with one attached hydrogen (secondary N) is 1. The summed E-state index contributed by atoms with van der Waals surface area (Å²) in [4.78, 5) is 25.7. The fourth-order valence-electron chi connectivity index (χ4n) is 2.38. The van der Waals surface area contributed by atoms with E-state index >= 15 is 0 Å². The van der Waals surface area contributed by atoms with Crippen molar-refractivity contribution in [3.05, 3.63) is 35.4 Å². The Labute approximate surface area is 133 Å².